The highest BCUT2D eigenvalue weighted by atomic mass is 19.4. The molecule has 0 aliphatic carbocycles. The largest absolute Gasteiger partial charge is 0.497 e. The van der Waals surface area contributed by atoms with Crippen molar-refractivity contribution in [3.63, 3.8) is 0 Å². The number of non-ortho nitro benzene ring substituents is 1. The molecule has 1 amide bonds. The molecule has 0 spiro atoms. The zero-order valence-electron chi connectivity index (χ0n) is 14.9. The van der Waals surface area contributed by atoms with E-state index < -0.39 is 40.6 Å². The average Bonchev–Trinajstić information content (AvgIpc) is 3.07. The third-order valence-corrected chi connectivity index (χ3v) is 4.34. The van der Waals surface area contributed by atoms with Crippen LogP contribution in [0.5, 0.6) is 5.75 Å². The predicted molar refractivity (Wildman–Crippen MR) is 94.3 cm³/mol. The van der Waals surface area contributed by atoms with Gasteiger partial charge in [0.25, 0.3) is 11.6 Å². The van der Waals surface area contributed by atoms with Crippen molar-refractivity contribution in [1.29, 1.82) is 0 Å². The highest BCUT2D eigenvalue weighted by molar-refractivity contribution is 6.00. The number of amides is 1. The first-order valence-corrected chi connectivity index (χ1v) is 8.17. The number of hydrogen-bond acceptors (Lipinski definition) is 6. The standard InChI is InChI=1S/C18H14F3N3O5/c1-29-14-7-3-5-12(9-14)17(26)10-15(18(19,20)21)22-23(17)16(25)11-4-2-6-13(8-11)24(27)28/h2-9,26H,10H2,1H3. The summed E-state index contributed by atoms with van der Waals surface area (Å²) in [6.45, 7) is 0. The van der Waals surface area contributed by atoms with E-state index in [0.717, 1.165) is 12.1 Å². The van der Waals surface area contributed by atoms with Crippen LogP contribution in [0.3, 0.4) is 0 Å². The van der Waals surface area contributed by atoms with Crippen LogP contribution < -0.4 is 4.74 Å². The van der Waals surface area contributed by atoms with Crippen molar-refractivity contribution in [2.75, 3.05) is 7.11 Å². The molecule has 152 valence electrons. The Bertz CT molecular complexity index is 1010. The molecule has 0 aromatic heterocycles. The molecule has 1 heterocycles. The molecule has 0 radical (unpaired) electrons. The van der Waals surface area contributed by atoms with Gasteiger partial charge in [-0.3, -0.25) is 14.9 Å². The number of rotatable bonds is 4. The van der Waals surface area contributed by atoms with E-state index in [9.17, 15) is 33.2 Å². The van der Waals surface area contributed by atoms with Crippen LogP contribution in [0.1, 0.15) is 22.3 Å². The molecule has 0 saturated carbocycles. The van der Waals surface area contributed by atoms with Crippen LogP contribution in [0.4, 0.5) is 18.9 Å². The Kier molecular flexibility index (Phi) is 5.01. The average molecular weight is 409 g/mol. The molecule has 1 N–H and O–H groups in total. The van der Waals surface area contributed by atoms with Gasteiger partial charge in [-0.2, -0.15) is 23.3 Å². The molecule has 0 fully saturated rings. The monoisotopic (exact) mass is 409 g/mol. The number of nitro benzene ring substituents is 1. The molecule has 1 aliphatic rings. The number of hydrogen-bond donors (Lipinski definition) is 1. The van der Waals surface area contributed by atoms with Gasteiger partial charge >= 0.3 is 6.18 Å². The molecule has 8 nitrogen and oxygen atoms in total. The number of halogens is 3. The maximum atomic E-state index is 13.3. The summed E-state index contributed by atoms with van der Waals surface area (Å²) >= 11 is 0. The van der Waals surface area contributed by atoms with Gasteiger partial charge < -0.3 is 9.84 Å². The van der Waals surface area contributed by atoms with Crippen molar-refractivity contribution in [3.05, 3.63) is 69.8 Å². The summed E-state index contributed by atoms with van der Waals surface area (Å²) in [7, 11) is 1.33. The maximum absolute atomic E-state index is 13.3. The SMILES string of the molecule is COc1cccc(C2(O)CC(C(F)(F)F)=NN2C(=O)c2cccc([N+](=O)[O-])c2)c1. The maximum Gasteiger partial charge on any atom is 0.431 e. The summed E-state index contributed by atoms with van der Waals surface area (Å²) in [6.07, 6.45) is -5.89. The van der Waals surface area contributed by atoms with Crippen molar-refractivity contribution in [1.82, 2.24) is 5.01 Å². The number of alkyl halides is 3. The summed E-state index contributed by atoms with van der Waals surface area (Å²) in [5.41, 5.74) is -4.60. The van der Waals surface area contributed by atoms with Crippen LogP contribution in [0, 0.1) is 10.1 Å². The van der Waals surface area contributed by atoms with Crippen molar-refractivity contribution >= 4 is 17.3 Å². The van der Waals surface area contributed by atoms with Crippen LogP contribution in [0.15, 0.2) is 53.6 Å². The first kappa shape index (κ1) is 20.3. The zero-order chi connectivity index (χ0) is 21.4. The Labute approximate surface area is 162 Å². The van der Waals surface area contributed by atoms with Gasteiger partial charge in [0.05, 0.1) is 18.5 Å². The summed E-state index contributed by atoms with van der Waals surface area (Å²) in [5, 5.41) is 25.6. The van der Waals surface area contributed by atoms with Crippen LogP contribution in [-0.2, 0) is 5.72 Å². The Morgan fingerprint density at radius 3 is 2.59 bits per heavy atom. The van der Waals surface area contributed by atoms with E-state index in [2.05, 4.69) is 5.10 Å². The summed E-state index contributed by atoms with van der Waals surface area (Å²) < 4.78 is 44.9. The first-order valence-electron chi connectivity index (χ1n) is 8.17. The van der Waals surface area contributed by atoms with Gasteiger partial charge in [0.2, 0.25) is 0 Å². The fraction of sp³-hybridized carbons (Fsp3) is 0.222. The number of hydrazone groups is 1. The lowest BCUT2D eigenvalue weighted by atomic mass is 9.96. The van der Waals surface area contributed by atoms with Crippen molar-refractivity contribution in [2.24, 2.45) is 5.10 Å². The Morgan fingerprint density at radius 1 is 1.28 bits per heavy atom. The van der Waals surface area contributed by atoms with Crippen molar-refractivity contribution < 1.29 is 32.7 Å². The minimum atomic E-state index is -4.88. The Morgan fingerprint density at radius 2 is 1.97 bits per heavy atom. The van der Waals surface area contributed by atoms with Gasteiger partial charge in [0.15, 0.2) is 5.72 Å². The lowest BCUT2D eigenvalue weighted by Crippen LogP contribution is -2.43. The van der Waals surface area contributed by atoms with Gasteiger partial charge in [-0.25, -0.2) is 0 Å². The van der Waals surface area contributed by atoms with E-state index in [0.29, 0.717) is 5.01 Å². The summed E-state index contributed by atoms with van der Waals surface area (Å²) in [5.74, 6) is -0.877. The summed E-state index contributed by atoms with van der Waals surface area (Å²) in [6, 6.07) is 9.97. The van der Waals surface area contributed by atoms with Crippen molar-refractivity contribution in [3.8, 4) is 5.75 Å². The van der Waals surface area contributed by atoms with E-state index in [1.165, 1.54) is 43.5 Å². The third kappa shape index (κ3) is 3.76. The number of benzene rings is 2. The molecular weight excluding hydrogens is 395 g/mol. The van der Waals surface area contributed by atoms with Gasteiger partial charge in [-0.15, -0.1) is 0 Å². The first-order chi connectivity index (χ1) is 13.6. The molecule has 1 atom stereocenters. The number of carbonyl (C=O) groups is 1. The smallest absolute Gasteiger partial charge is 0.431 e. The quantitative estimate of drug-likeness (QED) is 0.617. The van der Waals surface area contributed by atoms with Crippen LogP contribution in [-0.4, -0.2) is 39.9 Å². The number of carbonyl (C=O) groups excluding carboxylic acids is 1. The van der Waals surface area contributed by atoms with Gasteiger partial charge in [-0.1, -0.05) is 18.2 Å². The van der Waals surface area contributed by atoms with E-state index in [4.69, 9.17) is 4.74 Å². The number of nitrogens with zero attached hydrogens (tertiary/aromatic N) is 3. The molecule has 29 heavy (non-hydrogen) atoms. The molecule has 2 aromatic rings. The summed E-state index contributed by atoms with van der Waals surface area (Å²) in [4.78, 5) is 23.1. The number of nitro groups is 1. The number of ether oxygens (including phenoxy) is 1. The molecule has 1 aliphatic heterocycles. The van der Waals surface area contributed by atoms with Gasteiger partial charge in [0.1, 0.15) is 11.5 Å². The normalized spacial score (nSPS) is 19.1. The second-order valence-corrected chi connectivity index (χ2v) is 6.19. The van der Waals surface area contributed by atoms with E-state index >= 15 is 0 Å². The molecule has 2 aromatic carbocycles. The van der Waals surface area contributed by atoms with Gasteiger partial charge in [-0.05, 0) is 18.2 Å². The second-order valence-electron chi connectivity index (χ2n) is 6.19. The lowest BCUT2D eigenvalue weighted by Gasteiger charge is -2.31. The van der Waals surface area contributed by atoms with E-state index in [1.54, 1.807) is 0 Å². The minimum absolute atomic E-state index is 0.0568. The number of methoxy groups -OCH3 is 1. The topological polar surface area (TPSA) is 105 Å². The lowest BCUT2D eigenvalue weighted by molar-refractivity contribution is -0.384. The molecule has 1 unspecified atom stereocenters. The highest BCUT2D eigenvalue weighted by Gasteiger charge is 2.53. The Balaban J connectivity index is 2.10. The molecule has 3 rings (SSSR count). The van der Waals surface area contributed by atoms with E-state index in [1.807, 2.05) is 0 Å². The molecule has 0 saturated heterocycles. The molecule has 11 heteroatoms. The van der Waals surface area contributed by atoms with Crippen LogP contribution in [0.2, 0.25) is 0 Å². The fourth-order valence-corrected chi connectivity index (χ4v) is 2.89. The third-order valence-electron chi connectivity index (χ3n) is 4.34. The van der Waals surface area contributed by atoms with Gasteiger partial charge in [0, 0.05) is 23.3 Å². The zero-order valence-corrected chi connectivity index (χ0v) is 14.9. The van der Waals surface area contributed by atoms with Crippen molar-refractivity contribution in [2.45, 2.75) is 18.3 Å². The predicted octanol–water partition coefficient (Wildman–Crippen LogP) is 3.21. The Hall–Kier alpha value is -3.47. The fourth-order valence-electron chi connectivity index (χ4n) is 2.89. The molecule has 0 bridgehead atoms. The second kappa shape index (κ2) is 7.17. The van der Waals surface area contributed by atoms with Crippen LogP contribution >= 0.6 is 0 Å². The number of aliphatic hydroxyl groups is 1. The molecular formula is C18H14F3N3O5. The van der Waals surface area contributed by atoms with E-state index in [-0.39, 0.29) is 16.9 Å². The highest BCUT2D eigenvalue weighted by Crippen LogP contribution is 2.41. The van der Waals surface area contributed by atoms with Crippen LogP contribution in [0.25, 0.3) is 0 Å². The minimum Gasteiger partial charge on any atom is -0.497 e.